The number of alkyl halides is 3. The Morgan fingerprint density at radius 3 is 2.26 bits per heavy atom. The number of anilines is 2. The molecule has 9 nitrogen and oxygen atoms in total. The molecular formula is C19H19F3N6O3. The summed E-state index contributed by atoms with van der Waals surface area (Å²) in [6, 6.07) is 6.42. The third-order valence-electron chi connectivity index (χ3n) is 4.51. The molecule has 164 valence electrons. The van der Waals surface area contributed by atoms with E-state index in [4.69, 9.17) is 0 Å². The van der Waals surface area contributed by atoms with Crippen LogP contribution in [0.15, 0.2) is 24.3 Å². The van der Waals surface area contributed by atoms with Crippen LogP contribution in [0.2, 0.25) is 0 Å². The van der Waals surface area contributed by atoms with Crippen molar-refractivity contribution >= 4 is 29.2 Å². The smallest absolute Gasteiger partial charge is 0.453 e. The molecule has 0 saturated heterocycles. The van der Waals surface area contributed by atoms with Crippen molar-refractivity contribution in [2.45, 2.75) is 32.9 Å². The molecule has 1 aromatic carbocycles. The van der Waals surface area contributed by atoms with Crippen molar-refractivity contribution in [3.8, 4) is 0 Å². The number of benzene rings is 1. The maximum Gasteiger partial charge on any atom is 0.453 e. The highest BCUT2D eigenvalue weighted by molar-refractivity contribution is 5.91. The first-order chi connectivity index (χ1) is 14.6. The van der Waals surface area contributed by atoms with Gasteiger partial charge in [-0.2, -0.15) is 18.2 Å². The van der Waals surface area contributed by atoms with Crippen LogP contribution in [-0.4, -0.2) is 38.7 Å². The molecule has 2 N–H and O–H groups in total. The second-order valence-electron chi connectivity index (χ2n) is 6.65. The largest absolute Gasteiger partial charge is 0.453 e. The molecule has 0 bridgehead atoms. The number of ether oxygens (including phenoxy) is 1. The Hall–Kier alpha value is -3.70. The van der Waals surface area contributed by atoms with Crippen LogP contribution in [0, 0.1) is 13.8 Å². The molecule has 0 saturated carbocycles. The number of aryl methyl sites for hydroxylation is 2. The highest BCUT2D eigenvalue weighted by Crippen LogP contribution is 2.27. The topological polar surface area (TPSA) is 111 Å². The van der Waals surface area contributed by atoms with E-state index < -0.39 is 18.1 Å². The Bertz CT molecular complexity index is 1130. The second kappa shape index (κ2) is 8.58. The summed E-state index contributed by atoms with van der Waals surface area (Å²) in [7, 11) is 1.25. The maximum atomic E-state index is 12.9. The van der Waals surface area contributed by atoms with Crippen molar-refractivity contribution < 1.29 is 27.5 Å². The molecule has 3 rings (SSSR count). The number of rotatable bonds is 5. The fourth-order valence-corrected chi connectivity index (χ4v) is 2.96. The molecule has 2 amide bonds. The number of amides is 2. The zero-order valence-corrected chi connectivity index (χ0v) is 16.9. The van der Waals surface area contributed by atoms with E-state index in [-0.39, 0.29) is 24.5 Å². The van der Waals surface area contributed by atoms with Crippen LogP contribution in [0.5, 0.6) is 0 Å². The summed E-state index contributed by atoms with van der Waals surface area (Å²) >= 11 is 0. The van der Waals surface area contributed by atoms with E-state index in [1.807, 2.05) is 0 Å². The number of nitrogens with zero attached hydrogens (tertiary/aromatic N) is 4. The van der Waals surface area contributed by atoms with Gasteiger partial charge >= 0.3 is 12.3 Å². The van der Waals surface area contributed by atoms with Gasteiger partial charge in [-0.25, -0.2) is 14.3 Å². The number of halogens is 3. The number of nitrogens with one attached hydrogen (secondary N) is 2. The summed E-state index contributed by atoms with van der Waals surface area (Å²) in [6.45, 7) is 3.26. The molecule has 0 aliphatic carbocycles. The van der Waals surface area contributed by atoms with Crippen molar-refractivity contribution in [3.05, 3.63) is 47.0 Å². The van der Waals surface area contributed by atoms with Crippen molar-refractivity contribution in [3.63, 3.8) is 0 Å². The van der Waals surface area contributed by atoms with Gasteiger partial charge in [0.25, 0.3) is 11.6 Å². The first-order valence-corrected chi connectivity index (χ1v) is 9.13. The molecule has 0 spiro atoms. The van der Waals surface area contributed by atoms with Gasteiger partial charge in [0.05, 0.1) is 7.11 Å². The van der Waals surface area contributed by atoms with Crippen LogP contribution in [-0.2, 0) is 22.1 Å². The lowest BCUT2D eigenvalue weighted by atomic mass is 10.1. The molecule has 31 heavy (non-hydrogen) atoms. The predicted molar refractivity (Wildman–Crippen MR) is 105 cm³/mol. The molecule has 0 fully saturated rings. The van der Waals surface area contributed by atoms with Crippen molar-refractivity contribution in [1.82, 2.24) is 19.6 Å². The highest BCUT2D eigenvalue weighted by Gasteiger charge is 2.36. The average Bonchev–Trinajstić information content (AvgIpc) is 3.14. The Kier molecular flexibility index (Phi) is 6.09. The highest BCUT2D eigenvalue weighted by atomic mass is 19.4. The molecular weight excluding hydrogens is 417 g/mol. The molecule has 2 aromatic heterocycles. The van der Waals surface area contributed by atoms with E-state index in [2.05, 4.69) is 30.4 Å². The molecule has 0 unspecified atom stereocenters. The summed E-state index contributed by atoms with van der Waals surface area (Å²) in [5.41, 5.74) is 2.57. The van der Waals surface area contributed by atoms with E-state index in [0.717, 1.165) is 4.52 Å². The van der Waals surface area contributed by atoms with Gasteiger partial charge in [0.2, 0.25) is 5.91 Å². The van der Waals surface area contributed by atoms with Crippen molar-refractivity contribution in [1.29, 1.82) is 0 Å². The summed E-state index contributed by atoms with van der Waals surface area (Å²) < 4.78 is 44.2. The quantitative estimate of drug-likeness (QED) is 0.633. The first-order valence-electron chi connectivity index (χ1n) is 9.13. The molecule has 12 heteroatoms. The molecule has 0 atom stereocenters. The van der Waals surface area contributed by atoms with Crippen LogP contribution < -0.4 is 10.6 Å². The van der Waals surface area contributed by atoms with Crippen LogP contribution >= 0.6 is 0 Å². The SMILES string of the molecule is COC(=O)Nc1ccc(NC(=O)CCc2c(C)nc3nc(C(F)(F)F)nn3c2C)cc1. The fraction of sp³-hybridized carbons (Fsp3) is 0.316. The van der Waals surface area contributed by atoms with Gasteiger partial charge in [0, 0.05) is 29.2 Å². The number of hydrogen-bond acceptors (Lipinski definition) is 6. The standard InChI is InChI=1S/C19H19F3N6O3/c1-10-14(11(2)28-17(23-10)26-16(27-28)19(20,21)22)8-9-15(29)24-12-4-6-13(7-5-12)25-18(30)31-3/h4-7H,8-9H2,1-3H3,(H,24,29)(H,25,30). The van der Waals surface area contributed by atoms with Gasteiger partial charge in [0.15, 0.2) is 0 Å². The number of carbonyl (C=O) groups is 2. The predicted octanol–water partition coefficient (Wildman–Crippen LogP) is 3.51. The van der Waals surface area contributed by atoms with Gasteiger partial charge in [-0.05, 0) is 50.1 Å². The van der Waals surface area contributed by atoms with E-state index in [9.17, 15) is 22.8 Å². The van der Waals surface area contributed by atoms with E-state index in [0.29, 0.717) is 28.3 Å². The van der Waals surface area contributed by atoms with Crippen LogP contribution in [0.1, 0.15) is 29.2 Å². The lowest BCUT2D eigenvalue weighted by molar-refractivity contribution is -0.144. The van der Waals surface area contributed by atoms with Gasteiger partial charge in [-0.15, -0.1) is 5.10 Å². The third kappa shape index (κ3) is 5.08. The van der Waals surface area contributed by atoms with Gasteiger partial charge in [-0.3, -0.25) is 10.1 Å². The molecule has 0 aliphatic rings. The molecule has 3 aromatic rings. The summed E-state index contributed by atoms with van der Waals surface area (Å²) in [6.07, 6.45) is -4.94. The van der Waals surface area contributed by atoms with E-state index in [1.165, 1.54) is 7.11 Å². The lowest BCUT2D eigenvalue weighted by Gasteiger charge is -2.11. The van der Waals surface area contributed by atoms with Gasteiger partial charge < -0.3 is 10.1 Å². The number of aromatic nitrogens is 4. The van der Waals surface area contributed by atoms with Crippen LogP contribution in [0.3, 0.4) is 0 Å². The minimum absolute atomic E-state index is 0.0812. The minimum Gasteiger partial charge on any atom is -0.453 e. The number of methoxy groups -OCH3 is 1. The Balaban J connectivity index is 1.68. The number of carbonyl (C=O) groups excluding carboxylic acids is 2. The van der Waals surface area contributed by atoms with E-state index >= 15 is 0 Å². The molecule has 2 heterocycles. The zero-order chi connectivity index (χ0) is 22.8. The van der Waals surface area contributed by atoms with Crippen molar-refractivity contribution in [2.75, 3.05) is 17.7 Å². The third-order valence-corrected chi connectivity index (χ3v) is 4.51. The summed E-state index contributed by atoms with van der Waals surface area (Å²) in [5, 5.41) is 8.71. The number of fused-ring (bicyclic) bond motifs is 1. The van der Waals surface area contributed by atoms with Crippen LogP contribution in [0.4, 0.5) is 29.3 Å². The Morgan fingerprint density at radius 1 is 1.06 bits per heavy atom. The fourth-order valence-electron chi connectivity index (χ4n) is 2.96. The lowest BCUT2D eigenvalue weighted by Crippen LogP contribution is -2.15. The Morgan fingerprint density at radius 2 is 1.68 bits per heavy atom. The summed E-state index contributed by atoms with van der Waals surface area (Å²) in [4.78, 5) is 31.0. The van der Waals surface area contributed by atoms with E-state index in [1.54, 1.807) is 38.1 Å². The molecule has 0 aliphatic heterocycles. The normalized spacial score (nSPS) is 11.4. The van der Waals surface area contributed by atoms with Crippen molar-refractivity contribution in [2.24, 2.45) is 0 Å². The van der Waals surface area contributed by atoms with Crippen LogP contribution in [0.25, 0.3) is 5.78 Å². The second-order valence-corrected chi connectivity index (χ2v) is 6.65. The first kappa shape index (κ1) is 22.0. The Labute approximate surface area is 174 Å². The van der Waals surface area contributed by atoms with Gasteiger partial charge in [-0.1, -0.05) is 0 Å². The van der Waals surface area contributed by atoms with Gasteiger partial charge in [0.1, 0.15) is 0 Å². The minimum atomic E-state index is -4.67. The molecule has 0 radical (unpaired) electrons. The maximum absolute atomic E-state index is 12.9. The summed E-state index contributed by atoms with van der Waals surface area (Å²) in [5.74, 6) is -1.69. The number of hydrogen-bond donors (Lipinski definition) is 2. The average molecular weight is 436 g/mol. The monoisotopic (exact) mass is 436 g/mol. The zero-order valence-electron chi connectivity index (χ0n) is 16.9.